The molecule has 9 heteroatoms. The molecule has 2 aliphatic heterocycles. The molecule has 4 heterocycles. The van der Waals surface area contributed by atoms with Gasteiger partial charge in [-0.2, -0.15) is 4.98 Å². The zero-order chi connectivity index (χ0) is 22.0. The molecule has 0 unspecified atom stereocenters. The Morgan fingerprint density at radius 2 is 2.10 bits per heavy atom. The highest BCUT2D eigenvalue weighted by Crippen LogP contribution is 2.58. The zero-order valence-corrected chi connectivity index (χ0v) is 18.2. The number of nitrogens with zero attached hydrogens (tertiary/aromatic N) is 3. The maximum Gasteiger partial charge on any atom is 0.262 e. The summed E-state index contributed by atoms with van der Waals surface area (Å²) in [5, 5.41) is 2.49. The maximum absolute atomic E-state index is 13.8. The van der Waals surface area contributed by atoms with Crippen molar-refractivity contribution in [1.82, 2.24) is 14.4 Å². The first-order valence-electron chi connectivity index (χ1n) is 10.1. The first-order chi connectivity index (χ1) is 14.7. The number of hydrogen-bond donors (Lipinski definition) is 1. The van der Waals surface area contributed by atoms with E-state index in [-0.39, 0.29) is 39.3 Å². The average Bonchev–Trinajstić information content (AvgIpc) is 3.34. The van der Waals surface area contributed by atoms with Crippen molar-refractivity contribution in [2.45, 2.75) is 50.7 Å². The number of amides is 1. The Hall–Kier alpha value is -2.71. The first kappa shape index (κ1) is 20.2. The summed E-state index contributed by atoms with van der Waals surface area (Å²) in [4.78, 5) is 22.2. The summed E-state index contributed by atoms with van der Waals surface area (Å²) in [6.45, 7) is 6.44. The topological polar surface area (TPSA) is 77.8 Å². The van der Waals surface area contributed by atoms with Gasteiger partial charge in [0.1, 0.15) is 11.4 Å². The normalized spacial score (nSPS) is 24.5. The molecule has 1 N–H and O–H groups in total. The largest absolute Gasteiger partial charge is 0.474 e. The number of carbonyl (C=O) groups is 1. The smallest absolute Gasteiger partial charge is 0.262 e. The predicted octanol–water partition coefficient (Wildman–Crippen LogP) is 4.38. The van der Waals surface area contributed by atoms with E-state index >= 15 is 0 Å². The minimum absolute atomic E-state index is 0.0651. The molecule has 0 radical (unpaired) electrons. The second-order valence-electron chi connectivity index (χ2n) is 8.89. The zero-order valence-electron chi connectivity index (χ0n) is 17.4. The summed E-state index contributed by atoms with van der Waals surface area (Å²) < 4.78 is 27.2. The molecular formula is C22H22ClFN4O3. The molecule has 2 aromatic heterocycles. The molecule has 0 atom stereocenters. The van der Waals surface area contributed by atoms with Gasteiger partial charge in [-0.3, -0.25) is 9.20 Å². The van der Waals surface area contributed by atoms with Gasteiger partial charge in [-0.05, 0) is 45.7 Å². The summed E-state index contributed by atoms with van der Waals surface area (Å²) in [5.74, 6) is -0.521. The van der Waals surface area contributed by atoms with E-state index in [1.54, 1.807) is 10.6 Å². The Kier molecular flexibility index (Phi) is 4.50. The number of nitrogens with one attached hydrogen (secondary N) is 1. The van der Waals surface area contributed by atoms with E-state index in [0.717, 1.165) is 18.5 Å². The Bertz CT molecular complexity index is 1200. The summed E-state index contributed by atoms with van der Waals surface area (Å²) in [7, 11) is 0. The van der Waals surface area contributed by atoms with Gasteiger partial charge in [0.2, 0.25) is 11.7 Å². The monoisotopic (exact) mass is 444 g/mol. The van der Waals surface area contributed by atoms with Crippen molar-refractivity contribution in [3.63, 3.8) is 0 Å². The van der Waals surface area contributed by atoms with Crippen molar-refractivity contribution in [2.24, 2.45) is 0 Å². The quantitative estimate of drug-likeness (QED) is 0.631. The number of carbonyl (C=O) groups excluding carboxylic acids is 1. The maximum atomic E-state index is 13.8. The highest BCUT2D eigenvalue weighted by molar-refractivity contribution is 6.34. The van der Waals surface area contributed by atoms with Crippen LogP contribution < -0.4 is 10.1 Å². The van der Waals surface area contributed by atoms with Crippen molar-refractivity contribution in [3.05, 3.63) is 52.7 Å². The van der Waals surface area contributed by atoms with Crippen LogP contribution in [0.5, 0.6) is 5.88 Å². The molecule has 7 nitrogen and oxygen atoms in total. The molecular weight excluding hydrogens is 423 g/mol. The first-order valence-corrected chi connectivity index (χ1v) is 10.5. The van der Waals surface area contributed by atoms with Crippen molar-refractivity contribution >= 4 is 29.0 Å². The number of halogens is 2. The summed E-state index contributed by atoms with van der Waals surface area (Å²) in [6, 6.07) is 4.23. The second kappa shape index (κ2) is 6.90. The van der Waals surface area contributed by atoms with Gasteiger partial charge in [0.05, 0.1) is 34.7 Å². The van der Waals surface area contributed by atoms with Gasteiger partial charge in [0.25, 0.3) is 5.91 Å². The Morgan fingerprint density at radius 3 is 2.77 bits per heavy atom. The lowest BCUT2D eigenvalue weighted by Crippen LogP contribution is -2.45. The Labute approximate surface area is 183 Å². The lowest BCUT2D eigenvalue weighted by Gasteiger charge is -2.41. The third kappa shape index (κ3) is 3.34. The lowest BCUT2D eigenvalue weighted by molar-refractivity contribution is 0.0154. The summed E-state index contributed by atoms with van der Waals surface area (Å²) in [5.41, 5.74) is 1.10. The average molecular weight is 445 g/mol. The van der Waals surface area contributed by atoms with E-state index in [2.05, 4.69) is 17.2 Å². The highest BCUT2D eigenvalue weighted by atomic mass is 35.5. The third-order valence-corrected chi connectivity index (χ3v) is 6.25. The number of imidazole rings is 1. The third-order valence-electron chi connectivity index (χ3n) is 5.87. The number of hydrogen-bond acceptors (Lipinski definition) is 5. The van der Waals surface area contributed by atoms with Crippen molar-refractivity contribution in [1.29, 1.82) is 0 Å². The fraction of sp³-hybridized carbons (Fsp3) is 0.409. The van der Waals surface area contributed by atoms with Crippen LogP contribution in [0.3, 0.4) is 0 Å². The van der Waals surface area contributed by atoms with Crippen LogP contribution in [-0.4, -0.2) is 38.6 Å². The van der Waals surface area contributed by atoms with Gasteiger partial charge >= 0.3 is 0 Å². The van der Waals surface area contributed by atoms with Gasteiger partial charge in [-0.25, -0.2) is 9.37 Å². The molecule has 31 heavy (non-hydrogen) atoms. The van der Waals surface area contributed by atoms with Crippen molar-refractivity contribution < 1.29 is 18.7 Å². The molecule has 3 aromatic rings. The summed E-state index contributed by atoms with van der Waals surface area (Å²) in [6.07, 6.45) is 5.16. The van der Waals surface area contributed by atoms with Crippen LogP contribution >= 0.6 is 11.6 Å². The van der Waals surface area contributed by atoms with Crippen molar-refractivity contribution in [2.75, 3.05) is 11.9 Å². The fourth-order valence-corrected chi connectivity index (χ4v) is 4.75. The molecule has 2 saturated heterocycles. The van der Waals surface area contributed by atoms with Gasteiger partial charge < -0.3 is 14.8 Å². The van der Waals surface area contributed by atoms with Crippen LogP contribution in [0.1, 0.15) is 49.7 Å². The molecule has 1 aromatic carbocycles. The van der Waals surface area contributed by atoms with Crippen LogP contribution in [0.4, 0.5) is 10.1 Å². The number of rotatable bonds is 5. The van der Waals surface area contributed by atoms with E-state index in [9.17, 15) is 9.18 Å². The van der Waals surface area contributed by atoms with Crippen LogP contribution in [-0.2, 0) is 10.2 Å². The van der Waals surface area contributed by atoms with Crippen LogP contribution in [0.2, 0.25) is 5.02 Å². The van der Waals surface area contributed by atoms with E-state index in [0.29, 0.717) is 12.4 Å². The minimum atomic E-state index is -0.614. The van der Waals surface area contributed by atoms with E-state index < -0.39 is 11.7 Å². The molecule has 1 saturated carbocycles. The van der Waals surface area contributed by atoms with E-state index in [1.165, 1.54) is 18.2 Å². The summed E-state index contributed by atoms with van der Waals surface area (Å²) >= 11 is 5.99. The van der Waals surface area contributed by atoms with Gasteiger partial charge in [0.15, 0.2) is 0 Å². The molecule has 1 aliphatic carbocycles. The Balaban J connectivity index is 1.53. The number of fused-ring (bicyclic) bond motifs is 2. The van der Waals surface area contributed by atoms with Gasteiger partial charge in [0, 0.05) is 17.8 Å². The molecule has 3 aliphatic rings. The molecule has 0 spiro atoms. The van der Waals surface area contributed by atoms with Crippen LogP contribution in [0.25, 0.3) is 5.78 Å². The molecule has 6 rings (SSSR count). The van der Waals surface area contributed by atoms with Crippen LogP contribution in [0.15, 0.2) is 30.6 Å². The highest BCUT2D eigenvalue weighted by Gasteiger charge is 2.61. The molecule has 162 valence electrons. The molecule has 1 amide bonds. The molecule has 2 bridgehead atoms. The minimum Gasteiger partial charge on any atom is -0.474 e. The fourth-order valence-electron chi connectivity index (χ4n) is 4.57. The predicted molar refractivity (Wildman–Crippen MR) is 113 cm³/mol. The number of aromatic nitrogens is 3. The SMILES string of the molecule is CC(C)Oc1nc2nc(C34COC(C)(C3)C4)cn2cc1C(=O)Nc1cccc(F)c1Cl. The van der Waals surface area contributed by atoms with Crippen LogP contribution in [0, 0.1) is 5.82 Å². The number of ether oxygens (including phenoxy) is 2. The van der Waals surface area contributed by atoms with E-state index in [4.69, 9.17) is 26.1 Å². The van der Waals surface area contributed by atoms with Gasteiger partial charge in [-0.1, -0.05) is 17.7 Å². The van der Waals surface area contributed by atoms with Crippen molar-refractivity contribution in [3.8, 4) is 5.88 Å². The second-order valence-corrected chi connectivity index (χ2v) is 9.27. The standard InChI is InChI=1S/C22H22ClFN4O3/c1-12(2)31-19-13(18(29)25-15-6-4-5-14(24)17(15)23)7-28-8-16(26-20(28)27-19)22-9-21(3,10-22)30-11-22/h4-8,12H,9-11H2,1-3H3,(H,25,29). The van der Waals surface area contributed by atoms with Gasteiger partial charge in [-0.15, -0.1) is 0 Å². The number of benzene rings is 1. The Morgan fingerprint density at radius 1 is 1.32 bits per heavy atom. The molecule has 3 fully saturated rings. The number of anilines is 1. The lowest BCUT2D eigenvalue weighted by atomic mass is 9.62. The van der Waals surface area contributed by atoms with E-state index in [1.807, 2.05) is 20.0 Å².